The molecule has 28 heavy (non-hydrogen) atoms. The summed E-state index contributed by atoms with van der Waals surface area (Å²) in [5, 5.41) is 5.95. The zero-order valence-electron chi connectivity index (χ0n) is 16.1. The van der Waals surface area contributed by atoms with Crippen LogP contribution in [0.1, 0.15) is 18.6 Å². The second kappa shape index (κ2) is 9.32. The summed E-state index contributed by atoms with van der Waals surface area (Å²) in [7, 11) is 1.68. The summed E-state index contributed by atoms with van der Waals surface area (Å²) in [6.45, 7) is 3.31. The van der Waals surface area contributed by atoms with Crippen LogP contribution in [0.25, 0.3) is 0 Å². The highest BCUT2D eigenvalue weighted by Crippen LogP contribution is 2.25. The highest BCUT2D eigenvalue weighted by atomic mass is 19.1. The first-order valence-electron chi connectivity index (χ1n) is 9.26. The topological polar surface area (TPSA) is 66.0 Å². The van der Waals surface area contributed by atoms with Gasteiger partial charge < -0.3 is 20.3 Å². The van der Waals surface area contributed by atoms with Crippen molar-refractivity contribution in [3.63, 3.8) is 0 Å². The number of para-hydroxylation sites is 1. The fraction of sp³-hybridized carbons (Fsp3) is 0.333. The summed E-state index contributed by atoms with van der Waals surface area (Å²) in [5.74, 6) is 0.209. The summed E-state index contributed by atoms with van der Waals surface area (Å²) in [4.78, 5) is 18.5. The average molecular weight is 384 g/mol. The Morgan fingerprint density at radius 1 is 1.18 bits per heavy atom. The molecule has 1 aliphatic heterocycles. The molecule has 0 radical (unpaired) electrons. The lowest BCUT2D eigenvalue weighted by atomic mass is 10.1. The Balaban J connectivity index is 1.59. The van der Waals surface area contributed by atoms with Gasteiger partial charge in [-0.15, -0.1) is 0 Å². The molecule has 0 aromatic heterocycles. The van der Waals surface area contributed by atoms with Crippen LogP contribution in [0.2, 0.25) is 0 Å². The fourth-order valence-electron chi connectivity index (χ4n) is 3.20. The summed E-state index contributed by atoms with van der Waals surface area (Å²) in [6, 6.07) is 15.6. The fourth-order valence-corrected chi connectivity index (χ4v) is 3.20. The van der Waals surface area contributed by atoms with Crippen LogP contribution in [-0.4, -0.2) is 49.6 Å². The number of aliphatic imine (C=N–C) groups is 1. The van der Waals surface area contributed by atoms with Gasteiger partial charge in [0.25, 0.3) is 0 Å². The van der Waals surface area contributed by atoms with Crippen LogP contribution in [0.4, 0.5) is 10.1 Å². The molecule has 148 valence electrons. The minimum absolute atomic E-state index is 0.0273. The first-order chi connectivity index (χ1) is 13.5. The second-order valence-corrected chi connectivity index (χ2v) is 6.71. The molecule has 1 fully saturated rings. The Morgan fingerprint density at radius 3 is 2.57 bits per heavy atom. The van der Waals surface area contributed by atoms with Gasteiger partial charge >= 0.3 is 0 Å². The van der Waals surface area contributed by atoms with Gasteiger partial charge in [-0.25, -0.2) is 4.39 Å². The Bertz CT molecular complexity index is 811. The number of anilines is 1. The van der Waals surface area contributed by atoms with Crippen molar-refractivity contribution in [3.8, 4) is 0 Å². The van der Waals surface area contributed by atoms with Crippen molar-refractivity contribution >= 4 is 17.6 Å². The average Bonchev–Trinajstić information content (AvgIpc) is 2.69. The van der Waals surface area contributed by atoms with Gasteiger partial charge in [0.05, 0.1) is 19.2 Å². The van der Waals surface area contributed by atoms with Crippen LogP contribution in [0.5, 0.6) is 0 Å². The Kier molecular flexibility index (Phi) is 6.60. The molecular formula is C21H25FN4O2. The molecule has 2 unspecified atom stereocenters. The first-order valence-corrected chi connectivity index (χ1v) is 9.26. The molecule has 0 saturated carbocycles. The van der Waals surface area contributed by atoms with Crippen molar-refractivity contribution in [2.45, 2.75) is 19.1 Å². The van der Waals surface area contributed by atoms with E-state index in [-0.39, 0.29) is 30.5 Å². The van der Waals surface area contributed by atoms with E-state index in [1.807, 2.05) is 37.3 Å². The van der Waals surface area contributed by atoms with Gasteiger partial charge in [-0.1, -0.05) is 30.3 Å². The largest absolute Gasteiger partial charge is 0.367 e. The molecule has 1 saturated heterocycles. The number of rotatable bonds is 4. The Morgan fingerprint density at radius 2 is 1.89 bits per heavy atom. The summed E-state index contributed by atoms with van der Waals surface area (Å²) < 4.78 is 19.2. The number of halogens is 1. The van der Waals surface area contributed by atoms with Gasteiger partial charge in [0.15, 0.2) is 5.96 Å². The molecule has 7 heteroatoms. The highest BCUT2D eigenvalue weighted by molar-refractivity contribution is 5.95. The van der Waals surface area contributed by atoms with E-state index in [2.05, 4.69) is 20.5 Å². The maximum atomic E-state index is 13.2. The van der Waals surface area contributed by atoms with E-state index in [1.165, 1.54) is 12.1 Å². The zero-order valence-corrected chi connectivity index (χ0v) is 16.1. The Hall–Kier alpha value is -2.93. The van der Waals surface area contributed by atoms with Gasteiger partial charge in [0.2, 0.25) is 5.91 Å². The third kappa shape index (κ3) is 5.29. The van der Waals surface area contributed by atoms with Crippen LogP contribution >= 0.6 is 0 Å². The molecule has 2 N–H and O–H groups in total. The molecule has 2 aromatic carbocycles. The third-order valence-electron chi connectivity index (χ3n) is 4.48. The van der Waals surface area contributed by atoms with E-state index >= 15 is 0 Å². The van der Waals surface area contributed by atoms with Crippen LogP contribution < -0.4 is 10.6 Å². The number of carbonyl (C=O) groups is 1. The lowest BCUT2D eigenvalue weighted by Crippen LogP contribution is -2.51. The molecule has 6 nitrogen and oxygen atoms in total. The summed E-state index contributed by atoms with van der Waals surface area (Å²) in [6.07, 6.45) is -0.221. The quantitative estimate of drug-likeness (QED) is 0.628. The maximum absolute atomic E-state index is 13.2. The number of nitrogens with zero attached hydrogens (tertiary/aromatic N) is 2. The minimum Gasteiger partial charge on any atom is -0.367 e. The molecule has 0 spiro atoms. The molecule has 1 aliphatic rings. The molecule has 1 heterocycles. The standard InChI is InChI=1S/C21H25FN4O2/c1-15-13-26(14-19(28-15)16-8-10-17(22)11-9-16)21(23-2)24-12-20(27)25-18-6-4-3-5-7-18/h3-11,15,19H,12-14H2,1-2H3,(H,23,24)(H,25,27). The summed E-state index contributed by atoms with van der Waals surface area (Å²) in [5.41, 5.74) is 1.66. The van der Waals surface area contributed by atoms with E-state index in [9.17, 15) is 9.18 Å². The number of guanidine groups is 1. The van der Waals surface area contributed by atoms with Crippen LogP contribution in [0.15, 0.2) is 59.6 Å². The van der Waals surface area contributed by atoms with Crippen molar-refractivity contribution < 1.29 is 13.9 Å². The zero-order chi connectivity index (χ0) is 19.9. The molecule has 0 bridgehead atoms. The first kappa shape index (κ1) is 19.8. The summed E-state index contributed by atoms with van der Waals surface area (Å²) >= 11 is 0. The number of hydrogen-bond acceptors (Lipinski definition) is 3. The van der Waals surface area contributed by atoms with Crippen LogP contribution in [0, 0.1) is 5.82 Å². The van der Waals surface area contributed by atoms with Crippen LogP contribution in [0.3, 0.4) is 0 Å². The van der Waals surface area contributed by atoms with Gasteiger partial charge in [0.1, 0.15) is 11.9 Å². The van der Waals surface area contributed by atoms with E-state index in [4.69, 9.17) is 4.74 Å². The molecular weight excluding hydrogens is 359 g/mol. The number of hydrogen-bond donors (Lipinski definition) is 2. The predicted octanol–water partition coefficient (Wildman–Crippen LogP) is 2.80. The van der Waals surface area contributed by atoms with E-state index < -0.39 is 0 Å². The molecule has 0 aliphatic carbocycles. The number of amides is 1. The maximum Gasteiger partial charge on any atom is 0.243 e. The van der Waals surface area contributed by atoms with Gasteiger partial charge in [-0.2, -0.15) is 0 Å². The number of ether oxygens (including phenoxy) is 1. The number of benzene rings is 2. The van der Waals surface area contributed by atoms with Crippen molar-refractivity contribution in [2.75, 3.05) is 32.0 Å². The SMILES string of the molecule is CN=C(NCC(=O)Nc1ccccc1)N1CC(C)OC(c2ccc(F)cc2)C1. The lowest BCUT2D eigenvalue weighted by Gasteiger charge is -2.38. The second-order valence-electron chi connectivity index (χ2n) is 6.71. The smallest absolute Gasteiger partial charge is 0.243 e. The number of nitrogens with one attached hydrogen (secondary N) is 2. The van der Waals surface area contributed by atoms with Crippen molar-refractivity contribution in [3.05, 3.63) is 66.0 Å². The molecule has 2 aromatic rings. The number of morpholine rings is 1. The van der Waals surface area contributed by atoms with Gasteiger partial charge in [-0.3, -0.25) is 9.79 Å². The normalized spacial score (nSPS) is 20.0. The van der Waals surface area contributed by atoms with Crippen molar-refractivity contribution in [1.82, 2.24) is 10.2 Å². The molecule has 2 atom stereocenters. The van der Waals surface area contributed by atoms with Crippen molar-refractivity contribution in [2.24, 2.45) is 4.99 Å². The number of carbonyl (C=O) groups excluding carboxylic acids is 1. The molecule has 3 rings (SSSR count). The van der Waals surface area contributed by atoms with Crippen molar-refractivity contribution in [1.29, 1.82) is 0 Å². The molecule has 1 amide bonds. The van der Waals surface area contributed by atoms with E-state index in [1.54, 1.807) is 19.2 Å². The van der Waals surface area contributed by atoms with E-state index in [0.29, 0.717) is 19.0 Å². The predicted molar refractivity (Wildman–Crippen MR) is 108 cm³/mol. The van der Waals surface area contributed by atoms with Gasteiger partial charge in [0, 0.05) is 19.3 Å². The van der Waals surface area contributed by atoms with Crippen LogP contribution in [-0.2, 0) is 9.53 Å². The third-order valence-corrected chi connectivity index (χ3v) is 4.48. The lowest BCUT2D eigenvalue weighted by molar-refractivity contribution is -0.115. The van der Waals surface area contributed by atoms with E-state index in [0.717, 1.165) is 11.3 Å². The highest BCUT2D eigenvalue weighted by Gasteiger charge is 2.28. The monoisotopic (exact) mass is 384 g/mol. The minimum atomic E-state index is -0.272. The Labute approximate surface area is 164 Å². The van der Waals surface area contributed by atoms with Gasteiger partial charge in [-0.05, 0) is 36.8 Å².